The van der Waals surface area contributed by atoms with Crippen molar-refractivity contribution < 1.29 is 4.74 Å². The highest BCUT2D eigenvalue weighted by atomic mass is 16.5. The third-order valence-electron chi connectivity index (χ3n) is 3.21. The predicted molar refractivity (Wildman–Crippen MR) is 82.7 cm³/mol. The Balaban J connectivity index is 2.11. The lowest BCUT2D eigenvalue weighted by atomic mass is 9.99. The molecule has 0 aliphatic rings. The smallest absolute Gasteiger partial charge is 0.119 e. The topological polar surface area (TPSA) is 21.3 Å². The van der Waals surface area contributed by atoms with Crippen LogP contribution in [-0.2, 0) is 0 Å². The minimum Gasteiger partial charge on any atom is -0.494 e. The van der Waals surface area contributed by atoms with Crippen LogP contribution in [0.4, 0.5) is 0 Å². The van der Waals surface area contributed by atoms with E-state index in [0.717, 1.165) is 31.2 Å². The van der Waals surface area contributed by atoms with Gasteiger partial charge in [-0.2, -0.15) is 0 Å². The van der Waals surface area contributed by atoms with Crippen LogP contribution < -0.4 is 10.1 Å². The zero-order valence-electron chi connectivity index (χ0n) is 12.7. The number of hydrogen-bond acceptors (Lipinski definition) is 2. The molecule has 0 heterocycles. The molecule has 0 radical (unpaired) electrons. The summed E-state index contributed by atoms with van der Waals surface area (Å²) in [6, 6.07) is 10.7. The molecule has 0 fully saturated rings. The van der Waals surface area contributed by atoms with Crippen LogP contribution in [0.5, 0.6) is 5.75 Å². The molecule has 19 heavy (non-hydrogen) atoms. The molecule has 0 bridgehead atoms. The Bertz CT molecular complexity index is 310. The standard InChI is InChI=1S/C17H29NO/c1-4-18-16(14-15(2)3)10-8-9-13-19-17-11-6-5-7-12-17/h5-7,11-12,15-16,18H,4,8-10,13-14H2,1-3H3. The number of para-hydroxylation sites is 1. The maximum Gasteiger partial charge on any atom is 0.119 e. The van der Waals surface area contributed by atoms with Crippen molar-refractivity contribution >= 4 is 0 Å². The van der Waals surface area contributed by atoms with E-state index in [1.165, 1.54) is 19.3 Å². The Labute approximate surface area is 118 Å². The van der Waals surface area contributed by atoms with E-state index >= 15 is 0 Å². The molecule has 1 aromatic carbocycles. The summed E-state index contributed by atoms with van der Waals surface area (Å²) in [6.45, 7) is 8.67. The number of benzene rings is 1. The number of ether oxygens (including phenoxy) is 1. The highest BCUT2D eigenvalue weighted by Gasteiger charge is 2.08. The number of hydrogen-bond donors (Lipinski definition) is 1. The molecule has 0 saturated heterocycles. The second-order valence-corrected chi connectivity index (χ2v) is 5.54. The fraction of sp³-hybridized carbons (Fsp3) is 0.647. The number of unbranched alkanes of at least 4 members (excludes halogenated alkanes) is 1. The molecule has 1 rings (SSSR count). The average molecular weight is 263 g/mol. The van der Waals surface area contributed by atoms with Crippen molar-refractivity contribution in [1.29, 1.82) is 0 Å². The largest absolute Gasteiger partial charge is 0.494 e. The van der Waals surface area contributed by atoms with Gasteiger partial charge in [0.1, 0.15) is 5.75 Å². The molecule has 1 aromatic rings. The molecule has 0 saturated carbocycles. The summed E-state index contributed by atoms with van der Waals surface area (Å²) in [5.41, 5.74) is 0. The van der Waals surface area contributed by atoms with Gasteiger partial charge in [-0.3, -0.25) is 0 Å². The minimum absolute atomic E-state index is 0.668. The molecule has 1 atom stereocenters. The van der Waals surface area contributed by atoms with Gasteiger partial charge in [-0.1, -0.05) is 39.0 Å². The Morgan fingerprint density at radius 2 is 1.84 bits per heavy atom. The summed E-state index contributed by atoms with van der Waals surface area (Å²) < 4.78 is 5.71. The molecule has 1 N–H and O–H groups in total. The van der Waals surface area contributed by atoms with Gasteiger partial charge < -0.3 is 10.1 Å². The molecule has 0 aliphatic carbocycles. The molecule has 0 spiro atoms. The molecule has 108 valence electrons. The highest BCUT2D eigenvalue weighted by molar-refractivity contribution is 5.20. The van der Waals surface area contributed by atoms with Gasteiger partial charge in [-0.15, -0.1) is 0 Å². The molecular weight excluding hydrogens is 234 g/mol. The van der Waals surface area contributed by atoms with Crippen LogP contribution in [0, 0.1) is 5.92 Å². The van der Waals surface area contributed by atoms with Gasteiger partial charge in [0.25, 0.3) is 0 Å². The minimum atomic E-state index is 0.668. The fourth-order valence-corrected chi connectivity index (χ4v) is 2.36. The lowest BCUT2D eigenvalue weighted by Crippen LogP contribution is -2.30. The van der Waals surface area contributed by atoms with Crippen LogP contribution >= 0.6 is 0 Å². The van der Waals surface area contributed by atoms with Crippen molar-refractivity contribution in [3.8, 4) is 5.75 Å². The van der Waals surface area contributed by atoms with E-state index in [9.17, 15) is 0 Å². The zero-order chi connectivity index (χ0) is 13.9. The fourth-order valence-electron chi connectivity index (χ4n) is 2.36. The van der Waals surface area contributed by atoms with Gasteiger partial charge in [-0.05, 0) is 50.3 Å². The van der Waals surface area contributed by atoms with E-state index in [1.807, 2.05) is 30.3 Å². The molecule has 1 unspecified atom stereocenters. The van der Waals surface area contributed by atoms with E-state index in [1.54, 1.807) is 0 Å². The summed E-state index contributed by atoms with van der Waals surface area (Å²) in [4.78, 5) is 0. The first-order valence-electron chi connectivity index (χ1n) is 7.63. The van der Waals surface area contributed by atoms with Gasteiger partial charge in [0.15, 0.2) is 0 Å². The van der Waals surface area contributed by atoms with Crippen LogP contribution in [0.3, 0.4) is 0 Å². The van der Waals surface area contributed by atoms with Crippen LogP contribution in [0.15, 0.2) is 30.3 Å². The lowest BCUT2D eigenvalue weighted by molar-refractivity contribution is 0.297. The Hall–Kier alpha value is -1.02. The van der Waals surface area contributed by atoms with Crippen LogP contribution in [0.2, 0.25) is 0 Å². The summed E-state index contributed by atoms with van der Waals surface area (Å²) in [5.74, 6) is 1.75. The molecular formula is C17H29NO. The van der Waals surface area contributed by atoms with Crippen LogP contribution in [0.25, 0.3) is 0 Å². The van der Waals surface area contributed by atoms with Crippen molar-refractivity contribution in [2.45, 2.75) is 52.5 Å². The third-order valence-corrected chi connectivity index (χ3v) is 3.21. The normalized spacial score (nSPS) is 12.6. The van der Waals surface area contributed by atoms with Gasteiger partial charge in [0.05, 0.1) is 6.61 Å². The first kappa shape index (κ1) is 16.0. The van der Waals surface area contributed by atoms with E-state index < -0.39 is 0 Å². The molecule has 2 heteroatoms. The quantitative estimate of drug-likeness (QED) is 0.637. The summed E-state index contributed by atoms with van der Waals surface area (Å²) in [7, 11) is 0. The lowest BCUT2D eigenvalue weighted by Gasteiger charge is -2.19. The van der Waals surface area contributed by atoms with Crippen LogP contribution in [0.1, 0.15) is 46.5 Å². The van der Waals surface area contributed by atoms with Gasteiger partial charge in [-0.25, -0.2) is 0 Å². The first-order valence-corrected chi connectivity index (χ1v) is 7.63. The van der Waals surface area contributed by atoms with Crippen molar-refractivity contribution in [1.82, 2.24) is 5.32 Å². The zero-order valence-corrected chi connectivity index (χ0v) is 12.7. The molecule has 0 aromatic heterocycles. The summed E-state index contributed by atoms with van der Waals surface area (Å²) >= 11 is 0. The van der Waals surface area contributed by atoms with Crippen LogP contribution in [-0.4, -0.2) is 19.2 Å². The Kier molecular flexibility index (Phi) is 8.31. The van der Waals surface area contributed by atoms with E-state index in [2.05, 4.69) is 26.1 Å². The molecule has 0 amide bonds. The maximum atomic E-state index is 5.71. The Morgan fingerprint density at radius 1 is 1.11 bits per heavy atom. The van der Waals surface area contributed by atoms with E-state index in [0.29, 0.717) is 6.04 Å². The predicted octanol–water partition coefficient (Wildman–Crippen LogP) is 4.26. The summed E-state index contributed by atoms with van der Waals surface area (Å²) in [6.07, 6.45) is 4.89. The Morgan fingerprint density at radius 3 is 2.47 bits per heavy atom. The molecule has 2 nitrogen and oxygen atoms in total. The SMILES string of the molecule is CCNC(CCCCOc1ccccc1)CC(C)C. The highest BCUT2D eigenvalue weighted by Crippen LogP contribution is 2.12. The van der Waals surface area contributed by atoms with Crippen molar-refractivity contribution in [2.75, 3.05) is 13.2 Å². The number of rotatable bonds is 10. The summed E-state index contributed by atoms with van der Waals surface area (Å²) in [5, 5.41) is 3.58. The number of nitrogens with one attached hydrogen (secondary N) is 1. The van der Waals surface area contributed by atoms with E-state index in [-0.39, 0.29) is 0 Å². The van der Waals surface area contributed by atoms with Gasteiger partial charge >= 0.3 is 0 Å². The van der Waals surface area contributed by atoms with Crippen molar-refractivity contribution in [3.63, 3.8) is 0 Å². The average Bonchev–Trinajstić information content (AvgIpc) is 2.39. The van der Waals surface area contributed by atoms with Gasteiger partial charge in [0, 0.05) is 6.04 Å². The van der Waals surface area contributed by atoms with Crippen molar-refractivity contribution in [2.24, 2.45) is 5.92 Å². The third kappa shape index (κ3) is 7.89. The second-order valence-electron chi connectivity index (χ2n) is 5.54. The molecule has 0 aliphatic heterocycles. The van der Waals surface area contributed by atoms with E-state index in [4.69, 9.17) is 4.74 Å². The first-order chi connectivity index (χ1) is 9.22. The van der Waals surface area contributed by atoms with Gasteiger partial charge in [0.2, 0.25) is 0 Å². The van der Waals surface area contributed by atoms with Crippen molar-refractivity contribution in [3.05, 3.63) is 30.3 Å². The maximum absolute atomic E-state index is 5.71. The monoisotopic (exact) mass is 263 g/mol. The second kappa shape index (κ2) is 9.85.